The van der Waals surface area contributed by atoms with Gasteiger partial charge in [0, 0.05) is 56.7 Å². The molecule has 0 spiro atoms. The number of rotatable bonds is 6. The Hall–Kier alpha value is -2.46. The quantitative estimate of drug-likeness (QED) is 0.679. The molecule has 1 saturated carbocycles. The maximum Gasteiger partial charge on any atom is 0.265 e. The topological polar surface area (TPSA) is 104 Å². The number of anilines is 2. The third kappa shape index (κ3) is 3.93. The van der Waals surface area contributed by atoms with Gasteiger partial charge in [-0.2, -0.15) is 4.98 Å². The molecule has 30 heavy (non-hydrogen) atoms. The number of nitrogens with one attached hydrogen (secondary N) is 1. The second-order valence-electron chi connectivity index (χ2n) is 8.21. The monoisotopic (exact) mass is 432 g/mol. The molecule has 11 heteroatoms. The molecule has 0 bridgehead atoms. The first-order chi connectivity index (χ1) is 14.7. The van der Waals surface area contributed by atoms with Crippen molar-refractivity contribution in [3.8, 4) is 0 Å². The van der Waals surface area contributed by atoms with Crippen molar-refractivity contribution in [1.29, 1.82) is 0 Å². The Morgan fingerprint density at radius 2 is 1.70 bits per heavy atom. The fourth-order valence-corrected chi connectivity index (χ4v) is 4.58. The summed E-state index contributed by atoms with van der Waals surface area (Å²) in [5.41, 5.74) is 0.553. The van der Waals surface area contributed by atoms with Crippen molar-refractivity contribution < 1.29 is 9.32 Å². The van der Waals surface area contributed by atoms with Crippen LogP contribution in [0.2, 0.25) is 0 Å². The molecule has 4 heterocycles. The number of hydrogen-bond acceptors (Lipinski definition) is 9. The number of halogens is 1. The zero-order valence-electron chi connectivity index (χ0n) is 16.7. The summed E-state index contributed by atoms with van der Waals surface area (Å²) in [6, 6.07) is 0.773. The maximum absolute atomic E-state index is 13.3. The van der Waals surface area contributed by atoms with Crippen molar-refractivity contribution in [1.82, 2.24) is 29.8 Å². The van der Waals surface area contributed by atoms with Crippen LogP contribution in [0.15, 0.2) is 23.3 Å². The highest BCUT2D eigenvalue weighted by atomic mass is 35.5. The molecule has 1 amide bonds. The van der Waals surface area contributed by atoms with Gasteiger partial charge >= 0.3 is 0 Å². The first-order valence-electron chi connectivity index (χ1n) is 10.5. The molecular weight excluding hydrogens is 408 g/mol. The van der Waals surface area contributed by atoms with Crippen LogP contribution in [-0.2, 0) is 0 Å². The third-order valence-corrected chi connectivity index (χ3v) is 6.48. The number of amides is 1. The van der Waals surface area contributed by atoms with E-state index in [0.29, 0.717) is 23.5 Å². The minimum atomic E-state index is 0.0313. The van der Waals surface area contributed by atoms with Crippen LogP contribution < -0.4 is 14.6 Å². The van der Waals surface area contributed by atoms with Crippen LogP contribution in [-0.4, -0.2) is 75.2 Å². The van der Waals surface area contributed by atoms with Crippen LogP contribution in [0.25, 0.3) is 0 Å². The fourth-order valence-electron chi connectivity index (χ4n) is 4.41. The molecule has 2 aliphatic heterocycles. The van der Waals surface area contributed by atoms with Crippen molar-refractivity contribution in [3.63, 3.8) is 0 Å². The van der Waals surface area contributed by atoms with Crippen LogP contribution in [0.1, 0.15) is 42.5 Å². The minimum Gasteiger partial charge on any atom is -0.341 e. The molecule has 5 rings (SSSR count). The van der Waals surface area contributed by atoms with E-state index in [4.69, 9.17) is 16.3 Å². The molecule has 1 N–H and O–H groups in total. The minimum absolute atomic E-state index is 0.0313. The second kappa shape index (κ2) is 8.35. The van der Waals surface area contributed by atoms with E-state index in [0.717, 1.165) is 58.3 Å². The van der Waals surface area contributed by atoms with Gasteiger partial charge in [0.25, 0.3) is 11.9 Å². The molecule has 1 atom stereocenters. The van der Waals surface area contributed by atoms with Gasteiger partial charge in [-0.15, -0.1) is 0 Å². The Balaban J connectivity index is 1.24. The Morgan fingerprint density at radius 3 is 2.30 bits per heavy atom. The average molecular weight is 433 g/mol. The number of carbonyl (C=O) groups is 1. The molecule has 2 aromatic heterocycles. The standard InChI is InChI=1S/C19H25ClN8O2/c20-24-14-3-6-27(11-14)18-21-9-13(10-22-18)17(29)28(15-1-2-15)16-4-7-26(8-5-16)19-23-12-30-25-19/h9-10,12,14-16,24H,1-8,11H2. The van der Waals surface area contributed by atoms with Gasteiger partial charge in [-0.25, -0.2) is 14.8 Å². The molecule has 3 aliphatic rings. The highest BCUT2D eigenvalue weighted by Crippen LogP contribution is 2.33. The third-order valence-electron chi connectivity index (χ3n) is 6.18. The Morgan fingerprint density at radius 1 is 1.00 bits per heavy atom. The molecule has 3 fully saturated rings. The van der Waals surface area contributed by atoms with E-state index >= 15 is 0 Å². The van der Waals surface area contributed by atoms with Gasteiger partial charge in [0.15, 0.2) is 0 Å². The molecular formula is C19H25ClN8O2. The summed E-state index contributed by atoms with van der Waals surface area (Å²) in [7, 11) is 0. The summed E-state index contributed by atoms with van der Waals surface area (Å²) in [6.45, 7) is 3.23. The van der Waals surface area contributed by atoms with Crippen LogP contribution in [0, 0.1) is 0 Å². The molecule has 160 valence electrons. The van der Waals surface area contributed by atoms with Crippen molar-refractivity contribution in [2.45, 2.75) is 50.2 Å². The first-order valence-corrected chi connectivity index (χ1v) is 10.9. The lowest BCUT2D eigenvalue weighted by Gasteiger charge is -2.38. The van der Waals surface area contributed by atoms with Gasteiger partial charge < -0.3 is 19.2 Å². The first kappa shape index (κ1) is 19.5. The fraction of sp³-hybridized carbons (Fsp3) is 0.632. The van der Waals surface area contributed by atoms with Crippen LogP contribution in [0.3, 0.4) is 0 Å². The largest absolute Gasteiger partial charge is 0.341 e. The van der Waals surface area contributed by atoms with Crippen molar-refractivity contribution in [3.05, 3.63) is 24.4 Å². The Bertz CT molecular complexity index is 852. The van der Waals surface area contributed by atoms with Crippen LogP contribution in [0.5, 0.6) is 0 Å². The number of aromatic nitrogens is 4. The number of carbonyl (C=O) groups excluding carboxylic acids is 1. The van der Waals surface area contributed by atoms with Crippen molar-refractivity contribution >= 4 is 29.6 Å². The molecule has 1 aliphatic carbocycles. The second-order valence-corrected chi connectivity index (χ2v) is 8.42. The zero-order chi connectivity index (χ0) is 20.5. The van der Waals surface area contributed by atoms with Gasteiger partial charge in [-0.3, -0.25) is 4.79 Å². The molecule has 2 aromatic rings. The maximum atomic E-state index is 13.3. The van der Waals surface area contributed by atoms with E-state index in [9.17, 15) is 4.79 Å². The van der Waals surface area contributed by atoms with Crippen molar-refractivity contribution in [2.24, 2.45) is 0 Å². The lowest BCUT2D eigenvalue weighted by Crippen LogP contribution is -2.48. The molecule has 1 unspecified atom stereocenters. The molecule has 0 aromatic carbocycles. The zero-order valence-corrected chi connectivity index (χ0v) is 17.4. The van der Waals surface area contributed by atoms with Crippen LogP contribution in [0.4, 0.5) is 11.9 Å². The lowest BCUT2D eigenvalue weighted by atomic mass is 10.0. The highest BCUT2D eigenvalue weighted by molar-refractivity contribution is 6.13. The predicted octanol–water partition coefficient (Wildman–Crippen LogP) is 1.46. The highest BCUT2D eigenvalue weighted by Gasteiger charge is 2.39. The summed E-state index contributed by atoms with van der Waals surface area (Å²) < 4.78 is 4.85. The summed E-state index contributed by atoms with van der Waals surface area (Å²) in [5.74, 6) is 1.30. The summed E-state index contributed by atoms with van der Waals surface area (Å²) in [5, 5.41) is 3.92. The normalized spacial score (nSPS) is 22.5. The summed E-state index contributed by atoms with van der Waals surface area (Å²) >= 11 is 5.73. The predicted molar refractivity (Wildman–Crippen MR) is 110 cm³/mol. The van der Waals surface area contributed by atoms with Crippen molar-refractivity contribution in [2.75, 3.05) is 36.0 Å². The summed E-state index contributed by atoms with van der Waals surface area (Å²) in [4.78, 5) is 35.4. The van der Waals surface area contributed by atoms with E-state index in [2.05, 4.69) is 39.6 Å². The molecule has 0 radical (unpaired) electrons. The average Bonchev–Trinajstić information content (AvgIpc) is 3.28. The van der Waals surface area contributed by atoms with E-state index in [-0.39, 0.29) is 18.0 Å². The number of piperidine rings is 1. The number of hydrogen-bond donors (Lipinski definition) is 1. The SMILES string of the molecule is O=C(c1cnc(N2CCC(NCl)C2)nc1)N(C1CC1)C1CCN(c2ncon2)CC1. The van der Waals surface area contributed by atoms with E-state index in [1.807, 2.05) is 0 Å². The van der Waals surface area contributed by atoms with Gasteiger partial charge in [-0.05, 0) is 49.0 Å². The van der Waals surface area contributed by atoms with Gasteiger partial charge in [0.05, 0.1) is 5.56 Å². The van der Waals surface area contributed by atoms with Crippen LogP contribution >= 0.6 is 11.8 Å². The van der Waals surface area contributed by atoms with E-state index < -0.39 is 0 Å². The summed E-state index contributed by atoms with van der Waals surface area (Å²) in [6.07, 6.45) is 9.52. The van der Waals surface area contributed by atoms with Gasteiger partial charge in [-0.1, -0.05) is 0 Å². The Labute approximate surface area is 179 Å². The number of nitrogens with zero attached hydrogens (tertiary/aromatic N) is 7. The Kier molecular flexibility index (Phi) is 5.43. The molecule has 2 saturated heterocycles. The molecule has 10 nitrogen and oxygen atoms in total. The van der Waals surface area contributed by atoms with Gasteiger partial charge in [0.1, 0.15) is 0 Å². The van der Waals surface area contributed by atoms with E-state index in [1.165, 1.54) is 6.39 Å². The van der Waals surface area contributed by atoms with Gasteiger partial charge in [0.2, 0.25) is 12.3 Å². The van der Waals surface area contributed by atoms with E-state index in [1.54, 1.807) is 12.4 Å². The smallest absolute Gasteiger partial charge is 0.265 e. The lowest BCUT2D eigenvalue weighted by molar-refractivity contribution is 0.0629.